The van der Waals surface area contributed by atoms with E-state index in [-0.39, 0.29) is 23.9 Å². The maximum atomic E-state index is 13.0. The van der Waals surface area contributed by atoms with Crippen molar-refractivity contribution in [2.45, 2.75) is 37.3 Å². The molecule has 4 heterocycles. The van der Waals surface area contributed by atoms with Crippen molar-refractivity contribution in [1.82, 2.24) is 29.7 Å². The van der Waals surface area contributed by atoms with Crippen molar-refractivity contribution in [2.24, 2.45) is 0 Å². The van der Waals surface area contributed by atoms with Crippen LogP contribution in [-0.2, 0) is 16.1 Å². The zero-order chi connectivity index (χ0) is 24.9. The lowest BCUT2D eigenvalue weighted by atomic mass is 10.1. The third-order valence-corrected chi connectivity index (χ3v) is 6.13. The summed E-state index contributed by atoms with van der Waals surface area (Å²) in [5.41, 5.74) is 8.18. The summed E-state index contributed by atoms with van der Waals surface area (Å²) in [7, 11) is 1.43. The van der Waals surface area contributed by atoms with Crippen molar-refractivity contribution in [3.05, 3.63) is 42.0 Å². The molecule has 2 aromatic heterocycles. The first kappa shape index (κ1) is 22.9. The number of ether oxygens (including phenoxy) is 1. The maximum absolute atomic E-state index is 13.0. The van der Waals surface area contributed by atoms with Crippen LogP contribution in [-0.4, -0.2) is 89.7 Å². The molecule has 2 aliphatic heterocycles. The molecular formula is C21H24N8O6. The molecule has 0 radical (unpaired) electrons. The number of fused-ring (bicyclic) bond motifs is 2. The summed E-state index contributed by atoms with van der Waals surface area (Å²) in [6, 6.07) is 5.10. The van der Waals surface area contributed by atoms with Crippen LogP contribution in [0.2, 0.25) is 0 Å². The Hall–Kier alpha value is -3.85. The highest BCUT2D eigenvalue weighted by atomic mass is 16.6. The Bertz CT molecular complexity index is 1300. The molecule has 0 saturated carbocycles. The Labute approximate surface area is 198 Å². The van der Waals surface area contributed by atoms with E-state index in [9.17, 15) is 24.9 Å². The van der Waals surface area contributed by atoms with Gasteiger partial charge in [0, 0.05) is 30.4 Å². The van der Waals surface area contributed by atoms with Gasteiger partial charge in [-0.1, -0.05) is 6.07 Å². The first-order chi connectivity index (χ1) is 16.8. The number of hydrogen-bond acceptors (Lipinski definition) is 11. The first-order valence-corrected chi connectivity index (χ1v) is 10.8. The average molecular weight is 484 g/mol. The van der Waals surface area contributed by atoms with Crippen molar-refractivity contribution in [3.8, 4) is 0 Å². The Balaban J connectivity index is 1.27. The van der Waals surface area contributed by atoms with Crippen molar-refractivity contribution >= 4 is 34.5 Å². The van der Waals surface area contributed by atoms with Gasteiger partial charge < -0.3 is 41.3 Å². The molecule has 5 atom stereocenters. The summed E-state index contributed by atoms with van der Waals surface area (Å²) in [4.78, 5) is 38.1. The molecule has 2 aliphatic rings. The molecule has 1 aromatic carbocycles. The van der Waals surface area contributed by atoms with E-state index in [1.165, 1.54) is 29.2 Å². The molecule has 0 bridgehead atoms. The fourth-order valence-corrected chi connectivity index (χ4v) is 4.33. The van der Waals surface area contributed by atoms with Crippen molar-refractivity contribution in [1.29, 1.82) is 0 Å². The van der Waals surface area contributed by atoms with E-state index < -0.39 is 36.7 Å². The van der Waals surface area contributed by atoms with Crippen LogP contribution in [0.15, 0.2) is 30.9 Å². The fraction of sp³-hybridized carbons (Fsp3) is 0.381. The van der Waals surface area contributed by atoms with Gasteiger partial charge in [0.2, 0.25) is 0 Å². The number of imidazole rings is 1. The Morgan fingerprint density at radius 1 is 1.34 bits per heavy atom. The summed E-state index contributed by atoms with van der Waals surface area (Å²) < 4.78 is 7.09. The van der Waals surface area contributed by atoms with E-state index in [2.05, 4.69) is 25.6 Å². The van der Waals surface area contributed by atoms with Gasteiger partial charge in [-0.3, -0.25) is 14.2 Å². The van der Waals surface area contributed by atoms with Crippen LogP contribution in [0.25, 0.3) is 11.2 Å². The number of rotatable bonds is 6. The largest absolute Gasteiger partial charge is 0.387 e. The summed E-state index contributed by atoms with van der Waals surface area (Å²) in [6.07, 6.45) is -4.15. The SMILES string of the molecule is CN(C[C@@H](O)Nc1cccc2c1CNC2=O)C(=O)C1OC(n2cnc3c(N)ncnc32)C(O)C1O. The van der Waals surface area contributed by atoms with E-state index >= 15 is 0 Å². The normalized spacial score (nSPS) is 24.3. The lowest BCUT2D eigenvalue weighted by molar-refractivity contribution is -0.148. The number of nitrogens with zero attached hydrogens (tertiary/aromatic N) is 5. The monoisotopic (exact) mass is 484 g/mol. The van der Waals surface area contributed by atoms with Gasteiger partial charge in [0.15, 0.2) is 23.8 Å². The molecule has 4 unspecified atom stereocenters. The molecule has 0 aliphatic carbocycles. The molecule has 3 aromatic rings. The van der Waals surface area contributed by atoms with E-state index in [1.54, 1.807) is 18.2 Å². The number of hydrogen-bond donors (Lipinski definition) is 6. The summed E-state index contributed by atoms with van der Waals surface area (Å²) >= 11 is 0. The number of aliphatic hydroxyl groups excluding tert-OH is 3. The minimum atomic E-state index is -1.54. The second kappa shape index (κ2) is 8.74. The molecule has 2 amide bonds. The van der Waals surface area contributed by atoms with Crippen LogP contribution < -0.4 is 16.4 Å². The highest BCUT2D eigenvalue weighted by Crippen LogP contribution is 2.33. The molecule has 184 valence electrons. The molecule has 1 fully saturated rings. The minimum Gasteiger partial charge on any atom is -0.387 e. The third kappa shape index (κ3) is 3.91. The minimum absolute atomic E-state index is 0.139. The van der Waals surface area contributed by atoms with Gasteiger partial charge in [-0.05, 0) is 12.1 Å². The second-order valence-corrected chi connectivity index (χ2v) is 8.40. The van der Waals surface area contributed by atoms with Gasteiger partial charge in [-0.25, -0.2) is 15.0 Å². The summed E-state index contributed by atoms with van der Waals surface area (Å²) in [5.74, 6) is -0.695. The van der Waals surface area contributed by atoms with Gasteiger partial charge in [0.1, 0.15) is 30.3 Å². The lowest BCUT2D eigenvalue weighted by Crippen LogP contribution is -2.47. The van der Waals surface area contributed by atoms with Gasteiger partial charge >= 0.3 is 0 Å². The van der Waals surface area contributed by atoms with Crippen molar-refractivity contribution in [2.75, 3.05) is 24.6 Å². The zero-order valence-electron chi connectivity index (χ0n) is 18.6. The highest BCUT2D eigenvalue weighted by Gasteiger charge is 2.48. The maximum Gasteiger partial charge on any atom is 0.254 e. The number of carbonyl (C=O) groups is 2. The van der Waals surface area contributed by atoms with Crippen LogP contribution >= 0.6 is 0 Å². The molecule has 1 saturated heterocycles. The molecule has 14 nitrogen and oxygen atoms in total. The van der Waals surface area contributed by atoms with Crippen molar-refractivity contribution in [3.63, 3.8) is 0 Å². The first-order valence-electron chi connectivity index (χ1n) is 10.8. The van der Waals surface area contributed by atoms with Gasteiger partial charge in [-0.15, -0.1) is 0 Å². The quantitative estimate of drug-likeness (QED) is 0.215. The summed E-state index contributed by atoms with van der Waals surface area (Å²) in [5, 5.41) is 37.3. The van der Waals surface area contributed by atoms with Gasteiger partial charge in [-0.2, -0.15) is 0 Å². The predicted molar refractivity (Wildman–Crippen MR) is 121 cm³/mol. The van der Waals surface area contributed by atoms with Crippen LogP contribution in [0.4, 0.5) is 11.5 Å². The molecule has 0 spiro atoms. The van der Waals surface area contributed by atoms with Crippen LogP contribution in [0.1, 0.15) is 22.1 Å². The van der Waals surface area contributed by atoms with Crippen molar-refractivity contribution < 1.29 is 29.6 Å². The number of likely N-dealkylation sites (N-methyl/N-ethyl adjacent to an activating group) is 1. The number of nitrogen functional groups attached to an aromatic ring is 1. The number of anilines is 2. The second-order valence-electron chi connectivity index (χ2n) is 8.40. The molecule has 35 heavy (non-hydrogen) atoms. The number of aliphatic hydroxyl groups is 3. The molecular weight excluding hydrogens is 460 g/mol. The summed E-state index contributed by atoms with van der Waals surface area (Å²) in [6.45, 7) is 0.175. The smallest absolute Gasteiger partial charge is 0.254 e. The van der Waals surface area contributed by atoms with E-state index in [0.29, 0.717) is 23.3 Å². The molecule has 14 heteroatoms. The number of nitrogens with one attached hydrogen (secondary N) is 2. The number of carbonyl (C=O) groups excluding carboxylic acids is 2. The lowest BCUT2D eigenvalue weighted by Gasteiger charge is -2.26. The van der Waals surface area contributed by atoms with E-state index in [1.807, 2.05) is 0 Å². The van der Waals surface area contributed by atoms with Crippen LogP contribution in [0, 0.1) is 0 Å². The average Bonchev–Trinajstić information content (AvgIpc) is 3.51. The highest BCUT2D eigenvalue weighted by molar-refractivity contribution is 6.00. The number of amides is 2. The number of nitrogens with two attached hydrogens (primary N) is 1. The van der Waals surface area contributed by atoms with Gasteiger partial charge in [0.25, 0.3) is 11.8 Å². The van der Waals surface area contributed by atoms with Gasteiger partial charge in [0.05, 0.1) is 12.9 Å². The van der Waals surface area contributed by atoms with Crippen LogP contribution in [0.3, 0.4) is 0 Å². The standard InChI is InChI=1S/C21H24N8O6/c1-28(6-12(30)27-11-4-2-3-9-10(11)5-23-19(9)33)20(34)16-14(31)15(32)21(35-16)29-8-26-13-17(22)24-7-25-18(13)29/h2-4,7-8,12,14-16,21,27,30-32H,5-6H2,1H3,(H,23,33)(H2,22,24,25)/t12-,14?,15?,16?,21?/m1/s1. The Kier molecular flexibility index (Phi) is 5.72. The molecule has 7 N–H and O–H groups in total. The number of benzene rings is 1. The van der Waals surface area contributed by atoms with E-state index in [0.717, 1.165) is 5.56 Å². The van der Waals surface area contributed by atoms with E-state index in [4.69, 9.17) is 10.5 Å². The third-order valence-electron chi connectivity index (χ3n) is 6.13. The molecule has 5 rings (SSSR count). The Morgan fingerprint density at radius 3 is 2.94 bits per heavy atom. The van der Waals surface area contributed by atoms with Crippen LogP contribution in [0.5, 0.6) is 0 Å². The topological polar surface area (TPSA) is 201 Å². The predicted octanol–water partition coefficient (Wildman–Crippen LogP) is -1.84. The number of aromatic nitrogens is 4. The Morgan fingerprint density at radius 2 is 2.14 bits per heavy atom. The fourth-order valence-electron chi connectivity index (χ4n) is 4.33. The zero-order valence-corrected chi connectivity index (χ0v) is 18.6.